The topological polar surface area (TPSA) is 18.5 Å². The highest BCUT2D eigenvalue weighted by Gasteiger charge is 2.46. The summed E-state index contributed by atoms with van der Waals surface area (Å²) in [5.41, 5.74) is 1.35. The third kappa shape index (κ3) is 4.43. The standard InChI is InChI=1S/C23H37O2Si/c1-22(2,3)26(23(4,5)6)25-20-14-10-13-18(20)19-15-16-24-21(19)17-11-8-7-9-12-17/h7-9,11-12,18-21H,10,13-16H2,1-6H3. The number of rotatable bonds is 4. The monoisotopic (exact) mass is 373 g/mol. The van der Waals surface area contributed by atoms with Crippen LogP contribution >= 0.6 is 0 Å². The van der Waals surface area contributed by atoms with Gasteiger partial charge >= 0.3 is 0 Å². The molecule has 2 nitrogen and oxygen atoms in total. The second-order valence-corrected chi connectivity index (χ2v) is 14.1. The minimum atomic E-state index is -0.942. The van der Waals surface area contributed by atoms with E-state index in [1.807, 2.05) is 0 Å². The minimum Gasteiger partial charge on any atom is -0.412 e. The van der Waals surface area contributed by atoms with Gasteiger partial charge in [0.2, 0.25) is 9.04 Å². The molecule has 1 radical (unpaired) electrons. The highest BCUT2D eigenvalue weighted by Crippen LogP contribution is 2.49. The molecule has 26 heavy (non-hydrogen) atoms. The summed E-state index contributed by atoms with van der Waals surface area (Å²) in [7, 11) is -0.942. The van der Waals surface area contributed by atoms with Crippen molar-refractivity contribution in [2.45, 2.75) is 89.5 Å². The molecule has 0 spiro atoms. The van der Waals surface area contributed by atoms with Gasteiger partial charge in [-0.2, -0.15) is 0 Å². The van der Waals surface area contributed by atoms with Crippen LogP contribution in [0.4, 0.5) is 0 Å². The van der Waals surface area contributed by atoms with Crippen LogP contribution in [0.1, 0.15) is 78.9 Å². The van der Waals surface area contributed by atoms with Crippen molar-refractivity contribution in [1.82, 2.24) is 0 Å². The molecule has 1 aliphatic heterocycles. The molecular weight excluding hydrogens is 336 g/mol. The fourth-order valence-corrected chi connectivity index (χ4v) is 8.80. The number of hydrogen-bond donors (Lipinski definition) is 0. The third-order valence-electron chi connectivity index (χ3n) is 5.95. The molecule has 3 rings (SSSR count). The first-order chi connectivity index (χ1) is 12.2. The molecule has 1 saturated heterocycles. The maximum absolute atomic E-state index is 7.00. The first kappa shape index (κ1) is 20.1. The molecule has 145 valence electrons. The Morgan fingerprint density at radius 1 is 0.885 bits per heavy atom. The number of ether oxygens (including phenoxy) is 1. The van der Waals surface area contributed by atoms with Gasteiger partial charge in [0, 0.05) is 12.7 Å². The number of hydrogen-bond acceptors (Lipinski definition) is 2. The summed E-state index contributed by atoms with van der Waals surface area (Å²) >= 11 is 0. The summed E-state index contributed by atoms with van der Waals surface area (Å²) in [5, 5.41) is 0.502. The van der Waals surface area contributed by atoms with E-state index in [4.69, 9.17) is 9.16 Å². The Kier molecular flexibility index (Phi) is 6.01. The fourth-order valence-electron chi connectivity index (χ4n) is 5.25. The average molecular weight is 374 g/mol. The zero-order valence-corrected chi connectivity index (χ0v) is 18.5. The van der Waals surface area contributed by atoms with Gasteiger partial charge in [0.15, 0.2) is 0 Å². The molecule has 0 N–H and O–H groups in total. The van der Waals surface area contributed by atoms with Gasteiger partial charge in [-0.15, -0.1) is 0 Å². The molecule has 4 atom stereocenters. The molecule has 0 amide bonds. The quantitative estimate of drug-likeness (QED) is 0.558. The van der Waals surface area contributed by atoms with E-state index in [1.165, 1.54) is 31.2 Å². The minimum absolute atomic E-state index is 0.251. The molecule has 0 aromatic heterocycles. The Morgan fingerprint density at radius 2 is 1.54 bits per heavy atom. The maximum Gasteiger partial charge on any atom is 0.223 e. The lowest BCUT2D eigenvalue weighted by Crippen LogP contribution is -2.43. The van der Waals surface area contributed by atoms with Crippen molar-refractivity contribution in [3.8, 4) is 0 Å². The molecule has 0 bridgehead atoms. The van der Waals surface area contributed by atoms with Gasteiger partial charge in [0.05, 0.1) is 6.10 Å². The third-order valence-corrected chi connectivity index (χ3v) is 9.21. The van der Waals surface area contributed by atoms with Crippen molar-refractivity contribution in [3.05, 3.63) is 35.9 Å². The largest absolute Gasteiger partial charge is 0.412 e. The van der Waals surface area contributed by atoms with E-state index in [-0.39, 0.29) is 16.2 Å². The molecule has 1 aromatic carbocycles. The zero-order chi connectivity index (χ0) is 18.9. The van der Waals surface area contributed by atoms with Crippen molar-refractivity contribution in [2.75, 3.05) is 6.61 Å². The van der Waals surface area contributed by atoms with E-state index < -0.39 is 9.04 Å². The van der Waals surface area contributed by atoms with Gasteiger partial charge in [0.1, 0.15) is 0 Å². The van der Waals surface area contributed by atoms with Crippen LogP contribution in [-0.2, 0) is 9.16 Å². The van der Waals surface area contributed by atoms with E-state index in [9.17, 15) is 0 Å². The van der Waals surface area contributed by atoms with Crippen molar-refractivity contribution >= 4 is 9.04 Å². The Balaban J connectivity index is 1.77. The Hall–Kier alpha value is -0.643. The van der Waals surface area contributed by atoms with Gasteiger partial charge < -0.3 is 9.16 Å². The maximum atomic E-state index is 7.00. The van der Waals surface area contributed by atoms with Crippen molar-refractivity contribution in [1.29, 1.82) is 0 Å². The molecule has 3 heteroatoms. The van der Waals surface area contributed by atoms with E-state index in [1.54, 1.807) is 0 Å². The molecule has 4 unspecified atom stereocenters. The van der Waals surface area contributed by atoms with E-state index >= 15 is 0 Å². The van der Waals surface area contributed by atoms with Gasteiger partial charge in [-0.3, -0.25) is 0 Å². The van der Waals surface area contributed by atoms with Gasteiger partial charge in [-0.25, -0.2) is 0 Å². The van der Waals surface area contributed by atoms with Crippen molar-refractivity contribution in [3.63, 3.8) is 0 Å². The summed E-state index contributed by atoms with van der Waals surface area (Å²) in [6, 6.07) is 10.8. The van der Waals surface area contributed by atoms with Gasteiger partial charge in [0.25, 0.3) is 0 Å². The Morgan fingerprint density at radius 3 is 2.15 bits per heavy atom. The summed E-state index contributed by atoms with van der Waals surface area (Å²) in [5.74, 6) is 1.25. The van der Waals surface area contributed by atoms with Crippen LogP contribution in [0, 0.1) is 11.8 Å². The second kappa shape index (κ2) is 7.77. The molecule has 1 aromatic rings. The Bertz CT molecular complexity index is 558. The van der Waals surface area contributed by atoms with E-state index in [0.29, 0.717) is 17.9 Å². The number of benzene rings is 1. The van der Waals surface area contributed by atoms with Crippen LogP contribution in [0.3, 0.4) is 0 Å². The zero-order valence-electron chi connectivity index (χ0n) is 17.5. The van der Waals surface area contributed by atoms with E-state index in [2.05, 4.69) is 71.9 Å². The van der Waals surface area contributed by atoms with Gasteiger partial charge in [-0.1, -0.05) is 78.3 Å². The summed E-state index contributed by atoms with van der Waals surface area (Å²) in [6.45, 7) is 15.1. The first-order valence-electron chi connectivity index (χ1n) is 10.4. The summed E-state index contributed by atoms with van der Waals surface area (Å²) in [6.07, 6.45) is 5.67. The van der Waals surface area contributed by atoms with Gasteiger partial charge in [-0.05, 0) is 46.7 Å². The molecular formula is C23H37O2Si. The fraction of sp³-hybridized carbons (Fsp3) is 0.739. The molecule has 1 heterocycles. The van der Waals surface area contributed by atoms with Crippen LogP contribution < -0.4 is 0 Å². The Labute approximate surface area is 162 Å². The van der Waals surface area contributed by atoms with Crippen LogP contribution in [0.25, 0.3) is 0 Å². The van der Waals surface area contributed by atoms with Crippen molar-refractivity contribution in [2.24, 2.45) is 11.8 Å². The summed E-state index contributed by atoms with van der Waals surface area (Å²) in [4.78, 5) is 0. The molecule has 2 aliphatic rings. The van der Waals surface area contributed by atoms with E-state index in [0.717, 1.165) is 6.61 Å². The lowest BCUT2D eigenvalue weighted by atomic mass is 9.82. The smallest absolute Gasteiger partial charge is 0.223 e. The highest BCUT2D eigenvalue weighted by atomic mass is 28.3. The second-order valence-electron chi connectivity index (χ2n) is 10.2. The molecule has 1 aliphatic carbocycles. The lowest BCUT2D eigenvalue weighted by molar-refractivity contribution is 0.0434. The highest BCUT2D eigenvalue weighted by molar-refractivity contribution is 6.58. The van der Waals surface area contributed by atoms with Crippen LogP contribution in [0.5, 0.6) is 0 Å². The predicted molar refractivity (Wildman–Crippen MR) is 111 cm³/mol. The normalized spacial score (nSPS) is 30.3. The molecule has 2 fully saturated rings. The first-order valence-corrected chi connectivity index (χ1v) is 11.8. The average Bonchev–Trinajstić information content (AvgIpc) is 3.19. The van der Waals surface area contributed by atoms with Crippen LogP contribution in [-0.4, -0.2) is 21.8 Å². The molecule has 1 saturated carbocycles. The summed E-state index contributed by atoms with van der Waals surface area (Å²) < 4.78 is 13.2. The SMILES string of the molecule is CC(C)(C)[Si](OC1CCCC1C1CCOC1c1ccccc1)C(C)(C)C. The van der Waals surface area contributed by atoms with Crippen LogP contribution in [0.15, 0.2) is 30.3 Å². The lowest BCUT2D eigenvalue weighted by Gasteiger charge is -2.41. The predicted octanol–water partition coefficient (Wildman–Crippen LogP) is 6.54. The van der Waals surface area contributed by atoms with Crippen LogP contribution in [0.2, 0.25) is 10.1 Å². The van der Waals surface area contributed by atoms with Crippen molar-refractivity contribution < 1.29 is 9.16 Å².